The van der Waals surface area contributed by atoms with Gasteiger partial charge in [-0.1, -0.05) is 12.1 Å². The molecule has 90 valence electrons. The van der Waals surface area contributed by atoms with Crippen LogP contribution in [0, 0.1) is 5.82 Å². The van der Waals surface area contributed by atoms with E-state index in [-0.39, 0.29) is 30.5 Å². The molecule has 1 aromatic rings. The number of benzene rings is 1. The van der Waals surface area contributed by atoms with Crippen LogP contribution in [0.3, 0.4) is 0 Å². The summed E-state index contributed by atoms with van der Waals surface area (Å²) in [5, 5.41) is 0. The molecule has 1 fully saturated rings. The average Bonchev–Trinajstić information content (AvgIpc) is 2.68. The highest BCUT2D eigenvalue weighted by atomic mass is 19.1. The minimum atomic E-state index is -0.309. The SMILES string of the molecule is O=C(Cc1ccc(F)cc1)CN1CCCC1=O. The summed E-state index contributed by atoms with van der Waals surface area (Å²) < 4.78 is 12.7. The Morgan fingerprint density at radius 1 is 1.29 bits per heavy atom. The fraction of sp³-hybridized carbons (Fsp3) is 0.385. The number of amides is 1. The highest BCUT2D eigenvalue weighted by Crippen LogP contribution is 2.10. The molecule has 1 amide bonds. The lowest BCUT2D eigenvalue weighted by molar-refractivity contribution is -0.132. The van der Waals surface area contributed by atoms with E-state index in [0.29, 0.717) is 13.0 Å². The van der Waals surface area contributed by atoms with Crippen molar-refractivity contribution in [2.75, 3.05) is 13.1 Å². The number of rotatable bonds is 4. The van der Waals surface area contributed by atoms with Gasteiger partial charge in [-0.3, -0.25) is 9.59 Å². The van der Waals surface area contributed by atoms with Gasteiger partial charge in [0, 0.05) is 19.4 Å². The van der Waals surface area contributed by atoms with Crippen molar-refractivity contribution in [2.24, 2.45) is 0 Å². The van der Waals surface area contributed by atoms with Crippen LogP contribution in [0.25, 0.3) is 0 Å². The van der Waals surface area contributed by atoms with Crippen LogP contribution in [0.4, 0.5) is 4.39 Å². The number of carbonyl (C=O) groups is 2. The summed E-state index contributed by atoms with van der Waals surface area (Å²) in [6.45, 7) is 0.851. The molecule has 4 heteroatoms. The van der Waals surface area contributed by atoms with Crippen molar-refractivity contribution in [2.45, 2.75) is 19.3 Å². The van der Waals surface area contributed by atoms with E-state index in [9.17, 15) is 14.0 Å². The summed E-state index contributed by atoms with van der Waals surface area (Å²) in [7, 11) is 0. The minimum Gasteiger partial charge on any atom is -0.335 e. The molecule has 0 unspecified atom stereocenters. The topological polar surface area (TPSA) is 37.4 Å². The van der Waals surface area contributed by atoms with Gasteiger partial charge in [0.05, 0.1) is 6.54 Å². The first kappa shape index (κ1) is 11.8. The molecule has 0 aliphatic carbocycles. The molecule has 0 saturated carbocycles. The average molecular weight is 235 g/mol. The second-order valence-corrected chi connectivity index (χ2v) is 4.26. The molecule has 1 heterocycles. The van der Waals surface area contributed by atoms with Crippen LogP contribution in [-0.2, 0) is 16.0 Å². The maximum absolute atomic E-state index is 12.7. The molecular weight excluding hydrogens is 221 g/mol. The predicted octanol–water partition coefficient (Wildman–Crippen LogP) is 1.56. The van der Waals surface area contributed by atoms with Gasteiger partial charge < -0.3 is 4.90 Å². The summed E-state index contributed by atoms with van der Waals surface area (Å²) in [6, 6.07) is 5.87. The number of hydrogen-bond acceptors (Lipinski definition) is 2. The summed E-state index contributed by atoms with van der Waals surface area (Å²) in [4.78, 5) is 24.6. The van der Waals surface area contributed by atoms with Crippen LogP contribution in [0.2, 0.25) is 0 Å². The number of likely N-dealkylation sites (tertiary alicyclic amines) is 1. The second-order valence-electron chi connectivity index (χ2n) is 4.26. The first-order valence-electron chi connectivity index (χ1n) is 5.69. The van der Waals surface area contributed by atoms with Crippen LogP contribution in [0.5, 0.6) is 0 Å². The quantitative estimate of drug-likeness (QED) is 0.794. The number of Topliss-reactive ketones (excluding diaryl/α,β-unsaturated/α-hetero) is 1. The normalized spacial score (nSPS) is 15.4. The van der Waals surface area contributed by atoms with Crippen LogP contribution >= 0.6 is 0 Å². The standard InChI is InChI=1S/C13H14FNO2/c14-11-5-3-10(4-6-11)8-12(16)9-15-7-1-2-13(15)17/h3-6H,1-2,7-9H2. The number of hydrogen-bond donors (Lipinski definition) is 0. The molecule has 17 heavy (non-hydrogen) atoms. The molecule has 0 N–H and O–H groups in total. The Balaban J connectivity index is 1.88. The van der Waals surface area contributed by atoms with E-state index in [2.05, 4.69) is 0 Å². The van der Waals surface area contributed by atoms with Crippen LogP contribution in [0.15, 0.2) is 24.3 Å². The Kier molecular flexibility index (Phi) is 3.52. The molecule has 2 rings (SSSR count). The maximum Gasteiger partial charge on any atom is 0.223 e. The Bertz CT molecular complexity index is 428. The summed E-state index contributed by atoms with van der Waals surface area (Å²) in [5.74, 6) is -0.264. The lowest BCUT2D eigenvalue weighted by Gasteiger charge is -2.14. The van der Waals surface area contributed by atoms with E-state index in [1.54, 1.807) is 17.0 Å². The summed E-state index contributed by atoms with van der Waals surface area (Å²) >= 11 is 0. The molecule has 3 nitrogen and oxygen atoms in total. The van der Waals surface area contributed by atoms with Crippen LogP contribution < -0.4 is 0 Å². The van der Waals surface area contributed by atoms with E-state index in [1.165, 1.54) is 12.1 Å². The second kappa shape index (κ2) is 5.08. The Hall–Kier alpha value is -1.71. The van der Waals surface area contributed by atoms with Gasteiger partial charge in [0.2, 0.25) is 5.91 Å². The first-order valence-corrected chi connectivity index (χ1v) is 5.69. The molecule has 0 radical (unpaired) electrons. The van der Waals surface area contributed by atoms with E-state index >= 15 is 0 Å². The van der Waals surface area contributed by atoms with Gasteiger partial charge in [-0.05, 0) is 24.1 Å². The predicted molar refractivity (Wildman–Crippen MR) is 60.9 cm³/mol. The Morgan fingerprint density at radius 2 is 2.00 bits per heavy atom. The van der Waals surface area contributed by atoms with Gasteiger partial charge in [0.1, 0.15) is 5.82 Å². The molecule has 0 spiro atoms. The first-order chi connectivity index (χ1) is 8.15. The van der Waals surface area contributed by atoms with Crippen molar-refractivity contribution in [1.82, 2.24) is 4.90 Å². The van der Waals surface area contributed by atoms with Crippen molar-refractivity contribution in [3.63, 3.8) is 0 Å². The van der Waals surface area contributed by atoms with Crippen LogP contribution in [-0.4, -0.2) is 29.7 Å². The highest BCUT2D eigenvalue weighted by Gasteiger charge is 2.22. The monoisotopic (exact) mass is 235 g/mol. The lowest BCUT2D eigenvalue weighted by Crippen LogP contribution is -2.31. The maximum atomic E-state index is 12.7. The van der Waals surface area contributed by atoms with Gasteiger partial charge in [0.25, 0.3) is 0 Å². The number of halogens is 1. The third-order valence-electron chi connectivity index (χ3n) is 2.85. The van der Waals surface area contributed by atoms with E-state index < -0.39 is 0 Å². The number of nitrogens with zero attached hydrogens (tertiary/aromatic N) is 1. The van der Waals surface area contributed by atoms with Gasteiger partial charge in [0.15, 0.2) is 5.78 Å². The van der Waals surface area contributed by atoms with Gasteiger partial charge in [-0.15, -0.1) is 0 Å². The third-order valence-corrected chi connectivity index (χ3v) is 2.85. The van der Waals surface area contributed by atoms with Crippen molar-refractivity contribution in [3.8, 4) is 0 Å². The van der Waals surface area contributed by atoms with Crippen LogP contribution in [0.1, 0.15) is 18.4 Å². The molecule has 0 atom stereocenters. The van der Waals surface area contributed by atoms with Gasteiger partial charge in [-0.2, -0.15) is 0 Å². The summed E-state index contributed by atoms with van der Waals surface area (Å²) in [6.07, 6.45) is 1.64. The molecule has 0 bridgehead atoms. The van der Waals surface area contributed by atoms with Crippen molar-refractivity contribution in [1.29, 1.82) is 0 Å². The third kappa shape index (κ3) is 3.12. The fourth-order valence-corrected chi connectivity index (χ4v) is 1.97. The largest absolute Gasteiger partial charge is 0.335 e. The van der Waals surface area contributed by atoms with E-state index in [1.807, 2.05) is 0 Å². The molecule has 1 saturated heterocycles. The smallest absolute Gasteiger partial charge is 0.223 e. The molecule has 1 aliphatic rings. The number of carbonyl (C=O) groups excluding carboxylic acids is 2. The van der Waals surface area contributed by atoms with Gasteiger partial charge >= 0.3 is 0 Å². The van der Waals surface area contributed by atoms with Crippen molar-refractivity contribution in [3.05, 3.63) is 35.6 Å². The zero-order valence-electron chi connectivity index (χ0n) is 9.49. The van der Waals surface area contributed by atoms with E-state index in [4.69, 9.17) is 0 Å². The zero-order chi connectivity index (χ0) is 12.3. The molecule has 0 aromatic heterocycles. The van der Waals surface area contributed by atoms with Gasteiger partial charge in [-0.25, -0.2) is 4.39 Å². The molecule has 1 aromatic carbocycles. The minimum absolute atomic E-state index is 0.00754. The van der Waals surface area contributed by atoms with E-state index in [0.717, 1.165) is 12.0 Å². The Labute approximate surface area is 99.2 Å². The number of ketones is 1. The molecular formula is C13H14FNO2. The summed E-state index contributed by atoms with van der Waals surface area (Å²) in [5.41, 5.74) is 0.781. The fourth-order valence-electron chi connectivity index (χ4n) is 1.97. The van der Waals surface area contributed by atoms with Crippen molar-refractivity contribution < 1.29 is 14.0 Å². The molecule has 1 aliphatic heterocycles. The Morgan fingerprint density at radius 3 is 2.59 bits per heavy atom. The zero-order valence-corrected chi connectivity index (χ0v) is 9.49. The van der Waals surface area contributed by atoms with Crippen molar-refractivity contribution >= 4 is 11.7 Å². The lowest BCUT2D eigenvalue weighted by atomic mass is 10.1. The highest BCUT2D eigenvalue weighted by molar-refractivity contribution is 5.88.